The van der Waals surface area contributed by atoms with Crippen LogP contribution in [0.15, 0.2) is 72.8 Å². The van der Waals surface area contributed by atoms with Crippen molar-refractivity contribution < 1.29 is 17.9 Å². The second kappa shape index (κ2) is 9.22. The van der Waals surface area contributed by atoms with Crippen molar-refractivity contribution in [1.29, 1.82) is 0 Å². The van der Waals surface area contributed by atoms with E-state index in [1.807, 2.05) is 62.4 Å². The molecule has 0 fully saturated rings. The monoisotopic (exact) mass is 438 g/mol. The topological polar surface area (TPSA) is 75.7 Å². The van der Waals surface area contributed by atoms with Crippen LogP contribution >= 0.6 is 0 Å². The Morgan fingerprint density at radius 1 is 0.935 bits per heavy atom. The van der Waals surface area contributed by atoms with Crippen LogP contribution in [-0.2, 0) is 14.8 Å². The Hall–Kier alpha value is -3.32. The third-order valence-electron chi connectivity index (χ3n) is 4.80. The van der Waals surface area contributed by atoms with E-state index < -0.39 is 22.0 Å². The van der Waals surface area contributed by atoms with Crippen molar-refractivity contribution in [2.24, 2.45) is 0 Å². The van der Waals surface area contributed by atoms with Crippen molar-refractivity contribution >= 4 is 27.3 Å². The number of carbonyl (C=O) groups excluding carboxylic acids is 1. The number of aryl methyl sites for hydroxylation is 2. The van der Waals surface area contributed by atoms with Gasteiger partial charge < -0.3 is 10.1 Å². The van der Waals surface area contributed by atoms with Crippen LogP contribution in [0, 0.1) is 13.8 Å². The van der Waals surface area contributed by atoms with Gasteiger partial charge in [-0.2, -0.15) is 0 Å². The molecular weight excluding hydrogens is 412 g/mol. The van der Waals surface area contributed by atoms with Crippen molar-refractivity contribution in [2.45, 2.75) is 26.8 Å². The minimum Gasteiger partial charge on any atom is -0.457 e. The van der Waals surface area contributed by atoms with Gasteiger partial charge in [-0.1, -0.05) is 35.9 Å². The summed E-state index contributed by atoms with van der Waals surface area (Å²) in [6.07, 6.45) is 1.09. The lowest BCUT2D eigenvalue weighted by molar-refractivity contribution is -0.116. The number of nitrogens with zero attached hydrogens (tertiary/aromatic N) is 1. The maximum Gasteiger partial charge on any atom is 0.248 e. The van der Waals surface area contributed by atoms with Crippen molar-refractivity contribution in [3.63, 3.8) is 0 Å². The molecule has 162 valence electrons. The Morgan fingerprint density at radius 2 is 1.55 bits per heavy atom. The van der Waals surface area contributed by atoms with E-state index in [0.29, 0.717) is 22.9 Å². The van der Waals surface area contributed by atoms with Gasteiger partial charge in [-0.25, -0.2) is 8.42 Å². The number of rotatable bonds is 7. The molecule has 0 aliphatic carbocycles. The van der Waals surface area contributed by atoms with Gasteiger partial charge in [-0.15, -0.1) is 0 Å². The summed E-state index contributed by atoms with van der Waals surface area (Å²) in [6.45, 7) is 5.43. The predicted octanol–water partition coefficient (Wildman–Crippen LogP) is 4.89. The average molecular weight is 439 g/mol. The Kier molecular flexibility index (Phi) is 6.65. The first-order chi connectivity index (χ1) is 14.6. The molecule has 3 rings (SSSR count). The van der Waals surface area contributed by atoms with Crippen LogP contribution in [0.1, 0.15) is 18.1 Å². The molecule has 0 saturated carbocycles. The fourth-order valence-electron chi connectivity index (χ4n) is 3.29. The molecule has 1 N–H and O–H groups in total. The molecule has 0 bridgehead atoms. The van der Waals surface area contributed by atoms with E-state index in [4.69, 9.17) is 4.74 Å². The van der Waals surface area contributed by atoms with Crippen molar-refractivity contribution in [1.82, 2.24) is 0 Å². The molecule has 3 aromatic carbocycles. The van der Waals surface area contributed by atoms with Crippen LogP contribution < -0.4 is 14.4 Å². The number of carbonyl (C=O) groups is 1. The molecule has 1 atom stereocenters. The summed E-state index contributed by atoms with van der Waals surface area (Å²) in [7, 11) is -3.71. The van der Waals surface area contributed by atoms with Gasteiger partial charge in [0.05, 0.1) is 11.9 Å². The molecule has 0 aliphatic heterocycles. The first-order valence-electron chi connectivity index (χ1n) is 9.85. The summed E-state index contributed by atoms with van der Waals surface area (Å²) in [4.78, 5) is 12.9. The van der Waals surface area contributed by atoms with Crippen molar-refractivity contribution in [3.8, 4) is 11.5 Å². The zero-order valence-corrected chi connectivity index (χ0v) is 18.8. The van der Waals surface area contributed by atoms with Crippen LogP contribution in [0.5, 0.6) is 11.5 Å². The molecular formula is C24H26N2O4S. The summed E-state index contributed by atoms with van der Waals surface area (Å²) in [5.41, 5.74) is 3.03. The molecule has 0 aromatic heterocycles. The second-order valence-electron chi connectivity index (χ2n) is 7.45. The zero-order valence-electron chi connectivity index (χ0n) is 18.0. The van der Waals surface area contributed by atoms with E-state index in [1.165, 1.54) is 0 Å². The standard InChI is InChI=1S/C24H26N2O4S/c1-17-10-15-23(18(2)16-17)25-24(27)19(3)26(31(4,28)29)20-11-13-22(14-12-20)30-21-8-6-5-7-9-21/h5-16,19H,1-4H3,(H,25,27)/t19-/m1/s1. The van der Waals surface area contributed by atoms with Gasteiger partial charge in [0.25, 0.3) is 0 Å². The summed E-state index contributed by atoms with van der Waals surface area (Å²) >= 11 is 0. The third-order valence-corrected chi connectivity index (χ3v) is 6.04. The van der Waals surface area contributed by atoms with Gasteiger partial charge in [0, 0.05) is 5.69 Å². The summed E-state index contributed by atoms with van der Waals surface area (Å²) in [5.74, 6) is 0.828. The normalized spacial score (nSPS) is 12.1. The van der Waals surface area contributed by atoms with Gasteiger partial charge in [-0.05, 0) is 68.8 Å². The van der Waals surface area contributed by atoms with Crippen LogP contribution in [0.2, 0.25) is 0 Å². The second-order valence-corrected chi connectivity index (χ2v) is 9.31. The van der Waals surface area contributed by atoms with Crippen molar-refractivity contribution in [3.05, 3.63) is 83.9 Å². The first-order valence-corrected chi connectivity index (χ1v) is 11.7. The van der Waals surface area contributed by atoms with E-state index in [9.17, 15) is 13.2 Å². The van der Waals surface area contributed by atoms with Crippen molar-refractivity contribution in [2.75, 3.05) is 15.9 Å². The Balaban J connectivity index is 1.81. The lowest BCUT2D eigenvalue weighted by Gasteiger charge is -2.28. The van der Waals surface area contributed by atoms with Crippen LogP contribution in [-0.4, -0.2) is 26.6 Å². The van der Waals surface area contributed by atoms with Crippen LogP contribution in [0.3, 0.4) is 0 Å². The molecule has 6 nitrogen and oxygen atoms in total. The van der Waals surface area contributed by atoms with Gasteiger partial charge in [0.2, 0.25) is 15.9 Å². The summed E-state index contributed by atoms with van der Waals surface area (Å²) in [6, 6.07) is 20.6. The fraction of sp³-hybridized carbons (Fsp3) is 0.208. The van der Waals surface area contributed by atoms with E-state index in [-0.39, 0.29) is 0 Å². The highest BCUT2D eigenvalue weighted by Crippen LogP contribution is 2.27. The Labute approximate surface area is 183 Å². The zero-order chi connectivity index (χ0) is 22.6. The molecule has 0 saturated heterocycles. The molecule has 0 unspecified atom stereocenters. The lowest BCUT2D eigenvalue weighted by Crippen LogP contribution is -2.45. The molecule has 7 heteroatoms. The number of amides is 1. The molecule has 0 radical (unpaired) electrons. The SMILES string of the molecule is Cc1ccc(NC(=O)[C@@H](C)N(c2ccc(Oc3ccccc3)cc2)S(C)(=O)=O)c(C)c1. The Bertz CT molecular complexity index is 1160. The highest BCUT2D eigenvalue weighted by atomic mass is 32.2. The summed E-state index contributed by atoms with van der Waals surface area (Å²) in [5, 5.41) is 2.83. The van der Waals surface area contributed by atoms with Crippen LogP contribution in [0.25, 0.3) is 0 Å². The number of sulfonamides is 1. The van der Waals surface area contributed by atoms with E-state index in [0.717, 1.165) is 21.7 Å². The van der Waals surface area contributed by atoms with E-state index in [1.54, 1.807) is 31.2 Å². The number of anilines is 2. The smallest absolute Gasteiger partial charge is 0.248 e. The highest BCUT2D eigenvalue weighted by molar-refractivity contribution is 7.92. The molecule has 31 heavy (non-hydrogen) atoms. The number of hydrogen-bond donors (Lipinski definition) is 1. The quantitative estimate of drug-likeness (QED) is 0.570. The first kappa shape index (κ1) is 22.4. The van der Waals surface area contributed by atoms with Gasteiger partial charge >= 0.3 is 0 Å². The molecule has 0 spiro atoms. The van der Waals surface area contributed by atoms with Gasteiger partial charge in [0.15, 0.2) is 0 Å². The number of para-hydroxylation sites is 1. The highest BCUT2D eigenvalue weighted by Gasteiger charge is 2.29. The number of ether oxygens (including phenoxy) is 1. The maximum atomic E-state index is 12.9. The van der Waals surface area contributed by atoms with Crippen LogP contribution in [0.4, 0.5) is 11.4 Å². The Morgan fingerprint density at radius 3 is 2.13 bits per heavy atom. The molecule has 0 heterocycles. The number of nitrogens with one attached hydrogen (secondary N) is 1. The predicted molar refractivity (Wildman–Crippen MR) is 124 cm³/mol. The minimum atomic E-state index is -3.71. The number of hydrogen-bond acceptors (Lipinski definition) is 4. The molecule has 0 aliphatic rings. The fourth-order valence-corrected chi connectivity index (χ4v) is 4.46. The van der Waals surface area contributed by atoms with E-state index in [2.05, 4.69) is 5.32 Å². The van der Waals surface area contributed by atoms with E-state index >= 15 is 0 Å². The van der Waals surface area contributed by atoms with Gasteiger partial charge in [0.1, 0.15) is 17.5 Å². The maximum absolute atomic E-state index is 12.9. The largest absolute Gasteiger partial charge is 0.457 e. The third kappa shape index (κ3) is 5.64. The lowest BCUT2D eigenvalue weighted by atomic mass is 10.1. The van der Waals surface area contributed by atoms with Gasteiger partial charge in [-0.3, -0.25) is 9.10 Å². The molecule has 1 amide bonds. The minimum absolute atomic E-state index is 0.381. The number of benzene rings is 3. The average Bonchev–Trinajstić information content (AvgIpc) is 2.71. The summed E-state index contributed by atoms with van der Waals surface area (Å²) < 4.78 is 31.9. The molecule has 3 aromatic rings.